The van der Waals surface area contributed by atoms with Crippen molar-refractivity contribution < 1.29 is 9.53 Å². The van der Waals surface area contributed by atoms with Crippen molar-refractivity contribution in [1.29, 1.82) is 0 Å². The van der Waals surface area contributed by atoms with Crippen LogP contribution in [0.1, 0.15) is 37.3 Å². The fraction of sp³-hybridized carbons (Fsp3) is 0.500. The summed E-state index contributed by atoms with van der Waals surface area (Å²) in [7, 11) is 0. The number of rotatable bonds is 7. The van der Waals surface area contributed by atoms with E-state index < -0.39 is 0 Å². The molecule has 1 aromatic carbocycles. The third-order valence-corrected chi connectivity index (χ3v) is 2.86. The number of ether oxygens (including phenoxy) is 1. The lowest BCUT2D eigenvalue weighted by molar-refractivity contribution is -0.143. The molecule has 0 aliphatic rings. The summed E-state index contributed by atoms with van der Waals surface area (Å²) < 4.78 is 4.87. The Kier molecular flexibility index (Phi) is 6.71. The normalized spacial score (nSPS) is 10.2. The summed E-state index contributed by atoms with van der Waals surface area (Å²) in [5.74, 6) is 0.457. The second-order valence-electron chi connectivity index (χ2n) is 3.97. The van der Waals surface area contributed by atoms with Gasteiger partial charge in [0.05, 0.1) is 6.61 Å². The first kappa shape index (κ1) is 14.0. The van der Waals surface area contributed by atoms with E-state index in [1.807, 2.05) is 19.1 Å². The van der Waals surface area contributed by atoms with Crippen LogP contribution in [0.3, 0.4) is 0 Å². The van der Waals surface area contributed by atoms with E-state index >= 15 is 0 Å². The summed E-state index contributed by atoms with van der Waals surface area (Å²) in [4.78, 5) is 11.1. The molecule has 0 aromatic heterocycles. The van der Waals surface area contributed by atoms with Gasteiger partial charge in [-0.15, -0.1) is 11.6 Å². The van der Waals surface area contributed by atoms with Gasteiger partial charge in [-0.25, -0.2) is 0 Å². The number of unbranched alkanes of at least 4 members (excludes halogenated alkanes) is 1. The van der Waals surface area contributed by atoms with E-state index in [-0.39, 0.29) is 5.97 Å². The fourth-order valence-corrected chi connectivity index (χ4v) is 1.87. The highest BCUT2D eigenvalue weighted by atomic mass is 35.5. The topological polar surface area (TPSA) is 26.3 Å². The van der Waals surface area contributed by atoms with Crippen LogP contribution in [0.2, 0.25) is 0 Å². The molecule has 2 nitrogen and oxygen atoms in total. The predicted molar refractivity (Wildman–Crippen MR) is 70.2 cm³/mol. The Morgan fingerprint density at radius 2 is 2.06 bits per heavy atom. The van der Waals surface area contributed by atoms with E-state index in [2.05, 4.69) is 12.1 Å². The molecule has 0 radical (unpaired) electrons. The van der Waals surface area contributed by atoms with Crippen LogP contribution in [-0.4, -0.2) is 12.6 Å². The van der Waals surface area contributed by atoms with Crippen molar-refractivity contribution in [2.24, 2.45) is 0 Å². The zero-order valence-corrected chi connectivity index (χ0v) is 11.0. The molecule has 0 N–H and O–H groups in total. The molecule has 0 aliphatic heterocycles. The number of carbonyl (C=O) groups excluding carboxylic acids is 1. The first-order valence-electron chi connectivity index (χ1n) is 6.05. The van der Waals surface area contributed by atoms with Crippen molar-refractivity contribution in [3.8, 4) is 0 Å². The summed E-state index contributed by atoms with van der Waals surface area (Å²) in [6, 6.07) is 8.27. The van der Waals surface area contributed by atoms with Crippen molar-refractivity contribution in [1.82, 2.24) is 0 Å². The Bertz CT molecular complexity index is 350. The first-order chi connectivity index (χ1) is 8.26. The molecular formula is C14H19ClO2. The van der Waals surface area contributed by atoms with Crippen LogP contribution in [0.5, 0.6) is 0 Å². The highest BCUT2D eigenvalue weighted by molar-refractivity contribution is 6.17. The highest BCUT2D eigenvalue weighted by Gasteiger charge is 2.01. The largest absolute Gasteiger partial charge is 0.466 e. The summed E-state index contributed by atoms with van der Waals surface area (Å²) in [6.07, 6.45) is 3.39. The monoisotopic (exact) mass is 254 g/mol. The number of benzene rings is 1. The average Bonchev–Trinajstić information content (AvgIpc) is 2.35. The molecule has 1 rings (SSSR count). The highest BCUT2D eigenvalue weighted by Crippen LogP contribution is 2.11. The number of esters is 1. The molecule has 0 unspecified atom stereocenters. The van der Waals surface area contributed by atoms with E-state index in [1.54, 1.807) is 0 Å². The van der Waals surface area contributed by atoms with E-state index in [0.29, 0.717) is 18.9 Å². The molecule has 3 heteroatoms. The predicted octanol–water partition coefficient (Wildman–Crippen LogP) is 3.70. The third-order valence-electron chi connectivity index (χ3n) is 2.55. The standard InChI is InChI=1S/C14H19ClO2/c1-2-17-14(16)9-4-3-6-12-7-5-8-13(10-12)11-15/h5,7-8,10H,2-4,6,9,11H2,1H3. The van der Waals surface area contributed by atoms with Crippen LogP contribution in [0.15, 0.2) is 24.3 Å². The molecule has 0 aliphatic carbocycles. The van der Waals surface area contributed by atoms with Crippen LogP contribution in [0.25, 0.3) is 0 Å². The summed E-state index contributed by atoms with van der Waals surface area (Å²) in [6.45, 7) is 2.30. The summed E-state index contributed by atoms with van der Waals surface area (Å²) in [5.41, 5.74) is 2.43. The number of hydrogen-bond donors (Lipinski definition) is 0. The molecule has 94 valence electrons. The molecule has 1 aromatic rings. The molecule has 0 saturated heterocycles. The number of alkyl halides is 1. The van der Waals surface area contributed by atoms with Crippen molar-refractivity contribution in [3.05, 3.63) is 35.4 Å². The number of hydrogen-bond acceptors (Lipinski definition) is 2. The Balaban J connectivity index is 2.24. The Hall–Kier alpha value is -1.02. The molecule has 0 amide bonds. The first-order valence-corrected chi connectivity index (χ1v) is 6.59. The number of carbonyl (C=O) groups is 1. The van der Waals surface area contributed by atoms with Gasteiger partial charge in [0.25, 0.3) is 0 Å². The van der Waals surface area contributed by atoms with Gasteiger partial charge in [-0.05, 0) is 37.3 Å². The average molecular weight is 255 g/mol. The minimum atomic E-state index is -0.0954. The van der Waals surface area contributed by atoms with Gasteiger partial charge in [0, 0.05) is 12.3 Å². The maximum absolute atomic E-state index is 11.1. The van der Waals surface area contributed by atoms with Crippen LogP contribution >= 0.6 is 11.6 Å². The Morgan fingerprint density at radius 3 is 2.76 bits per heavy atom. The smallest absolute Gasteiger partial charge is 0.305 e. The van der Waals surface area contributed by atoms with Gasteiger partial charge in [0.1, 0.15) is 0 Å². The minimum absolute atomic E-state index is 0.0954. The lowest BCUT2D eigenvalue weighted by Gasteiger charge is -2.04. The second-order valence-corrected chi connectivity index (χ2v) is 4.23. The molecule has 0 spiro atoms. The van der Waals surface area contributed by atoms with E-state index in [1.165, 1.54) is 5.56 Å². The maximum Gasteiger partial charge on any atom is 0.305 e. The molecule has 0 bridgehead atoms. The summed E-state index contributed by atoms with van der Waals surface area (Å²) >= 11 is 5.78. The van der Waals surface area contributed by atoms with Crippen LogP contribution in [0, 0.1) is 0 Å². The minimum Gasteiger partial charge on any atom is -0.466 e. The molecule has 17 heavy (non-hydrogen) atoms. The van der Waals surface area contributed by atoms with Gasteiger partial charge < -0.3 is 4.74 Å². The van der Waals surface area contributed by atoms with Crippen molar-refractivity contribution in [3.63, 3.8) is 0 Å². The van der Waals surface area contributed by atoms with Gasteiger partial charge >= 0.3 is 5.97 Å². The maximum atomic E-state index is 11.1. The zero-order chi connectivity index (χ0) is 12.5. The molecule has 0 fully saturated rings. The van der Waals surface area contributed by atoms with E-state index in [4.69, 9.17) is 16.3 Å². The lowest BCUT2D eigenvalue weighted by Crippen LogP contribution is -2.03. The van der Waals surface area contributed by atoms with Crippen molar-refractivity contribution in [2.45, 2.75) is 38.5 Å². The fourth-order valence-electron chi connectivity index (χ4n) is 1.70. The van der Waals surface area contributed by atoms with Crippen molar-refractivity contribution >= 4 is 17.6 Å². The van der Waals surface area contributed by atoms with Crippen LogP contribution in [-0.2, 0) is 21.8 Å². The lowest BCUT2D eigenvalue weighted by atomic mass is 10.1. The summed E-state index contributed by atoms with van der Waals surface area (Å²) in [5, 5.41) is 0. The van der Waals surface area contributed by atoms with Gasteiger partial charge in [-0.2, -0.15) is 0 Å². The molecule has 0 heterocycles. The molecule has 0 saturated carbocycles. The number of aryl methyl sites for hydroxylation is 1. The third kappa shape index (κ3) is 5.73. The van der Waals surface area contributed by atoms with Gasteiger partial charge in [0.15, 0.2) is 0 Å². The van der Waals surface area contributed by atoms with E-state index in [9.17, 15) is 4.79 Å². The van der Waals surface area contributed by atoms with Gasteiger partial charge in [-0.1, -0.05) is 24.3 Å². The Labute approximate surface area is 108 Å². The molecule has 0 atom stereocenters. The quantitative estimate of drug-likeness (QED) is 0.421. The van der Waals surface area contributed by atoms with Crippen molar-refractivity contribution in [2.75, 3.05) is 6.61 Å². The molecular weight excluding hydrogens is 236 g/mol. The van der Waals surface area contributed by atoms with Gasteiger partial charge in [-0.3, -0.25) is 4.79 Å². The van der Waals surface area contributed by atoms with E-state index in [0.717, 1.165) is 24.8 Å². The Morgan fingerprint density at radius 1 is 1.29 bits per heavy atom. The van der Waals surface area contributed by atoms with Crippen LogP contribution in [0.4, 0.5) is 0 Å². The number of halogens is 1. The van der Waals surface area contributed by atoms with Gasteiger partial charge in [0.2, 0.25) is 0 Å². The SMILES string of the molecule is CCOC(=O)CCCCc1cccc(CCl)c1. The second kappa shape index (κ2) is 8.13. The van der Waals surface area contributed by atoms with Crippen LogP contribution < -0.4 is 0 Å². The zero-order valence-electron chi connectivity index (χ0n) is 10.2.